The average molecular weight is 429 g/mol. The molecule has 0 aliphatic carbocycles. The fourth-order valence-electron chi connectivity index (χ4n) is 2.05. The molecule has 0 bridgehead atoms. The van der Waals surface area contributed by atoms with Crippen molar-refractivity contribution in [3.05, 3.63) is 56.5 Å². The van der Waals surface area contributed by atoms with Crippen LogP contribution in [-0.4, -0.2) is 25.1 Å². The van der Waals surface area contributed by atoms with E-state index in [9.17, 15) is 9.59 Å². The lowest BCUT2D eigenvalue weighted by Gasteiger charge is -2.07. The van der Waals surface area contributed by atoms with Crippen LogP contribution in [0.5, 0.6) is 0 Å². The standard InChI is InChI=1S/C16H12O2S6/c1-19-15-16(20-2)24-14(23-15)13(11-5-3-9(7-17)21-11)12-6-4-10(8-18)22-12/h3-8H,1-2H3. The van der Waals surface area contributed by atoms with Crippen LogP contribution in [0.3, 0.4) is 0 Å². The maximum Gasteiger partial charge on any atom is 0.160 e. The summed E-state index contributed by atoms with van der Waals surface area (Å²) in [6.07, 6.45) is 5.95. The topological polar surface area (TPSA) is 34.1 Å². The number of carbonyl (C=O) groups excluding carboxylic acids is 2. The fraction of sp³-hybridized carbons (Fsp3) is 0.125. The van der Waals surface area contributed by atoms with Gasteiger partial charge in [0.25, 0.3) is 0 Å². The first-order chi connectivity index (χ1) is 11.7. The third-order valence-electron chi connectivity index (χ3n) is 3.09. The molecule has 0 atom stereocenters. The van der Waals surface area contributed by atoms with Gasteiger partial charge < -0.3 is 0 Å². The van der Waals surface area contributed by atoms with Crippen molar-refractivity contribution in [2.24, 2.45) is 0 Å². The van der Waals surface area contributed by atoms with Crippen LogP contribution >= 0.6 is 69.7 Å². The molecule has 2 nitrogen and oxygen atoms in total. The first-order valence-corrected chi connectivity index (χ1v) is 12.4. The van der Waals surface area contributed by atoms with E-state index in [1.54, 1.807) is 47.0 Å². The van der Waals surface area contributed by atoms with E-state index < -0.39 is 0 Å². The van der Waals surface area contributed by atoms with Crippen LogP contribution in [0.25, 0.3) is 5.57 Å². The Morgan fingerprint density at radius 1 is 0.833 bits per heavy atom. The molecule has 0 aromatic carbocycles. The summed E-state index contributed by atoms with van der Waals surface area (Å²) >= 11 is 10.0. The maximum atomic E-state index is 11.1. The second-order valence-electron chi connectivity index (χ2n) is 4.49. The molecule has 0 N–H and O–H groups in total. The first-order valence-electron chi connectivity index (χ1n) is 6.73. The minimum atomic E-state index is 0.714. The predicted molar refractivity (Wildman–Crippen MR) is 115 cm³/mol. The zero-order chi connectivity index (χ0) is 17.1. The quantitative estimate of drug-likeness (QED) is 0.490. The number of thioether (sulfide) groups is 4. The van der Waals surface area contributed by atoms with Gasteiger partial charge in [0.1, 0.15) is 0 Å². The van der Waals surface area contributed by atoms with Gasteiger partial charge in [-0.3, -0.25) is 9.59 Å². The van der Waals surface area contributed by atoms with Crippen molar-refractivity contribution >= 4 is 87.9 Å². The summed E-state index contributed by atoms with van der Waals surface area (Å²) in [5.41, 5.74) is 1.12. The van der Waals surface area contributed by atoms with Crippen molar-refractivity contribution in [1.29, 1.82) is 0 Å². The van der Waals surface area contributed by atoms with E-state index in [1.165, 1.54) is 35.4 Å². The zero-order valence-corrected chi connectivity index (χ0v) is 17.6. The average Bonchev–Trinajstić information content (AvgIpc) is 3.34. The molecular weight excluding hydrogens is 417 g/mol. The Labute approximate surface area is 165 Å². The summed E-state index contributed by atoms with van der Waals surface area (Å²) in [6, 6.07) is 7.69. The minimum absolute atomic E-state index is 0.714. The highest BCUT2D eigenvalue weighted by Gasteiger charge is 2.26. The van der Waals surface area contributed by atoms with Crippen molar-refractivity contribution in [3.8, 4) is 0 Å². The number of thiophene rings is 2. The molecule has 2 aromatic heterocycles. The smallest absolute Gasteiger partial charge is 0.160 e. The van der Waals surface area contributed by atoms with Gasteiger partial charge >= 0.3 is 0 Å². The van der Waals surface area contributed by atoms with Crippen LogP contribution in [0.4, 0.5) is 0 Å². The number of hydrogen-bond donors (Lipinski definition) is 0. The van der Waals surface area contributed by atoms with E-state index in [-0.39, 0.29) is 0 Å². The molecule has 0 fully saturated rings. The fourth-order valence-corrected chi connectivity index (χ4v) is 9.28. The van der Waals surface area contributed by atoms with Crippen molar-refractivity contribution in [3.63, 3.8) is 0 Å². The number of rotatable bonds is 6. The maximum absolute atomic E-state index is 11.1. The van der Waals surface area contributed by atoms with Gasteiger partial charge in [-0.05, 0) is 36.8 Å². The van der Waals surface area contributed by atoms with E-state index in [1.807, 2.05) is 24.3 Å². The second-order valence-corrected chi connectivity index (χ2v) is 11.2. The Hall–Kier alpha value is -0.380. The minimum Gasteiger partial charge on any atom is -0.297 e. The molecule has 0 saturated carbocycles. The van der Waals surface area contributed by atoms with Gasteiger partial charge in [0.2, 0.25) is 0 Å². The summed E-state index contributed by atoms with van der Waals surface area (Å²) < 4.78 is 3.82. The monoisotopic (exact) mass is 428 g/mol. The SMILES string of the molecule is CSC1=C(SC)SC(=C(c2ccc(C=O)s2)c2ccc(C=O)s2)S1. The van der Waals surface area contributed by atoms with Gasteiger partial charge in [0, 0.05) is 15.3 Å². The highest BCUT2D eigenvalue weighted by molar-refractivity contribution is 8.40. The third-order valence-corrected chi connectivity index (χ3v) is 10.4. The molecule has 0 spiro atoms. The van der Waals surface area contributed by atoms with Crippen LogP contribution in [0.2, 0.25) is 0 Å². The first kappa shape index (κ1) is 18.4. The normalized spacial score (nSPS) is 14.3. The molecule has 3 rings (SSSR count). The molecule has 1 aliphatic heterocycles. The Balaban J connectivity index is 2.11. The van der Waals surface area contributed by atoms with Crippen LogP contribution in [0, 0.1) is 0 Å². The Morgan fingerprint density at radius 2 is 1.29 bits per heavy atom. The van der Waals surface area contributed by atoms with E-state index in [4.69, 9.17) is 0 Å². The van der Waals surface area contributed by atoms with Crippen LogP contribution < -0.4 is 0 Å². The highest BCUT2D eigenvalue weighted by Crippen LogP contribution is 2.59. The van der Waals surface area contributed by atoms with Gasteiger partial charge in [0.15, 0.2) is 12.6 Å². The summed E-state index contributed by atoms with van der Waals surface area (Å²) in [5.74, 6) is 0. The van der Waals surface area contributed by atoms with Crippen LogP contribution in [0.15, 0.2) is 37.0 Å². The lowest BCUT2D eigenvalue weighted by atomic mass is 10.2. The molecular formula is C16H12O2S6. The second kappa shape index (κ2) is 8.33. The molecule has 124 valence electrons. The molecule has 0 radical (unpaired) electrons. The lowest BCUT2D eigenvalue weighted by molar-refractivity contribution is 0.111. The predicted octanol–water partition coefficient (Wildman–Crippen LogP) is 6.48. The summed E-state index contributed by atoms with van der Waals surface area (Å²) in [4.78, 5) is 25.7. The van der Waals surface area contributed by atoms with E-state index in [0.717, 1.165) is 27.9 Å². The number of hydrogen-bond acceptors (Lipinski definition) is 8. The molecule has 0 saturated heterocycles. The summed E-state index contributed by atoms with van der Waals surface area (Å²) in [7, 11) is 0. The Bertz CT molecular complexity index is 776. The summed E-state index contributed by atoms with van der Waals surface area (Å²) in [6.45, 7) is 0. The van der Waals surface area contributed by atoms with Gasteiger partial charge in [-0.1, -0.05) is 23.5 Å². The van der Waals surface area contributed by atoms with Crippen LogP contribution in [0.1, 0.15) is 29.1 Å². The van der Waals surface area contributed by atoms with Gasteiger partial charge in [0.05, 0.1) is 22.5 Å². The van der Waals surface area contributed by atoms with E-state index >= 15 is 0 Å². The van der Waals surface area contributed by atoms with Crippen molar-refractivity contribution in [2.75, 3.05) is 12.5 Å². The van der Waals surface area contributed by atoms with Crippen molar-refractivity contribution in [2.45, 2.75) is 0 Å². The highest BCUT2D eigenvalue weighted by atomic mass is 32.3. The largest absolute Gasteiger partial charge is 0.297 e. The zero-order valence-electron chi connectivity index (χ0n) is 12.7. The lowest BCUT2D eigenvalue weighted by Crippen LogP contribution is -1.82. The van der Waals surface area contributed by atoms with Gasteiger partial charge in [-0.15, -0.1) is 46.2 Å². The van der Waals surface area contributed by atoms with Crippen molar-refractivity contribution < 1.29 is 9.59 Å². The van der Waals surface area contributed by atoms with Gasteiger partial charge in [-0.25, -0.2) is 0 Å². The number of carbonyl (C=O) groups is 2. The molecule has 0 amide bonds. The summed E-state index contributed by atoms with van der Waals surface area (Å²) in [5, 5.41) is 0. The van der Waals surface area contributed by atoms with E-state index in [2.05, 4.69) is 12.5 Å². The van der Waals surface area contributed by atoms with Crippen LogP contribution in [-0.2, 0) is 0 Å². The molecule has 8 heteroatoms. The molecule has 3 heterocycles. The molecule has 24 heavy (non-hydrogen) atoms. The van der Waals surface area contributed by atoms with E-state index in [0.29, 0.717) is 9.75 Å². The Morgan fingerprint density at radius 3 is 1.62 bits per heavy atom. The molecule has 0 unspecified atom stereocenters. The van der Waals surface area contributed by atoms with Gasteiger partial charge in [-0.2, -0.15) is 0 Å². The molecule has 2 aromatic rings. The third kappa shape index (κ3) is 3.73. The Kier molecular flexibility index (Phi) is 6.39. The van der Waals surface area contributed by atoms with Crippen molar-refractivity contribution in [1.82, 2.24) is 0 Å². The number of aldehydes is 2. The molecule has 1 aliphatic rings.